The molecule has 102 valence electrons. The van der Waals surface area contributed by atoms with Gasteiger partial charge < -0.3 is 5.73 Å². The highest BCUT2D eigenvalue weighted by Gasteiger charge is 2.27. The molecule has 1 aromatic carbocycles. The van der Waals surface area contributed by atoms with Crippen molar-refractivity contribution in [1.82, 2.24) is 4.31 Å². The van der Waals surface area contributed by atoms with Gasteiger partial charge in [0.15, 0.2) is 0 Å². The van der Waals surface area contributed by atoms with Crippen molar-refractivity contribution in [1.29, 1.82) is 0 Å². The van der Waals surface area contributed by atoms with Gasteiger partial charge in [0.2, 0.25) is 10.0 Å². The highest BCUT2D eigenvalue weighted by Crippen LogP contribution is 2.23. The molecule has 0 aromatic heterocycles. The summed E-state index contributed by atoms with van der Waals surface area (Å²) in [5.74, 6) is -0.778. The van der Waals surface area contributed by atoms with Gasteiger partial charge in [-0.25, -0.2) is 12.8 Å². The number of nitrogens with zero attached hydrogens (tertiary/aromatic N) is 1. The minimum atomic E-state index is -3.84. The Morgan fingerprint density at radius 3 is 2.61 bits per heavy atom. The van der Waals surface area contributed by atoms with Crippen molar-refractivity contribution in [2.45, 2.75) is 37.6 Å². The summed E-state index contributed by atoms with van der Waals surface area (Å²) in [5, 5.41) is 0. The largest absolute Gasteiger partial charge is 0.399 e. The second-order valence-corrected chi connectivity index (χ2v) is 6.31. The lowest BCUT2D eigenvalue weighted by Crippen LogP contribution is -2.35. The molecule has 0 saturated carbocycles. The monoisotopic (exact) mass is 274 g/mol. The molecule has 0 amide bonds. The average Bonchev–Trinajstić information content (AvgIpc) is 2.31. The van der Waals surface area contributed by atoms with Crippen LogP contribution in [0.5, 0.6) is 0 Å². The molecule has 2 N–H and O–H groups in total. The van der Waals surface area contributed by atoms with Gasteiger partial charge in [-0.2, -0.15) is 4.31 Å². The van der Waals surface area contributed by atoms with Crippen LogP contribution in [0.2, 0.25) is 0 Å². The molecule has 0 heterocycles. The van der Waals surface area contributed by atoms with Gasteiger partial charge in [0, 0.05) is 18.8 Å². The summed E-state index contributed by atoms with van der Waals surface area (Å²) in [4.78, 5) is -0.368. The fourth-order valence-corrected chi connectivity index (χ4v) is 3.20. The first-order chi connectivity index (χ1) is 8.30. The van der Waals surface area contributed by atoms with Gasteiger partial charge in [-0.1, -0.05) is 13.3 Å². The number of sulfonamides is 1. The van der Waals surface area contributed by atoms with E-state index in [1.165, 1.54) is 17.4 Å². The second-order valence-electron chi connectivity index (χ2n) is 4.35. The summed E-state index contributed by atoms with van der Waals surface area (Å²) in [6.07, 6.45) is 1.58. The predicted molar refractivity (Wildman–Crippen MR) is 70.1 cm³/mol. The molecule has 0 spiro atoms. The van der Waals surface area contributed by atoms with E-state index in [2.05, 4.69) is 0 Å². The van der Waals surface area contributed by atoms with Gasteiger partial charge in [-0.05, 0) is 31.5 Å². The molecule has 1 aromatic rings. The Kier molecular flexibility index (Phi) is 4.70. The van der Waals surface area contributed by atoms with Crippen LogP contribution in [0.1, 0.15) is 26.7 Å². The van der Waals surface area contributed by atoms with E-state index in [9.17, 15) is 12.8 Å². The minimum absolute atomic E-state index is 0.180. The molecule has 4 nitrogen and oxygen atoms in total. The molecule has 0 aliphatic heterocycles. The molecule has 0 radical (unpaired) electrons. The van der Waals surface area contributed by atoms with E-state index in [-0.39, 0.29) is 16.6 Å². The Bertz CT molecular complexity index is 517. The quantitative estimate of drug-likeness (QED) is 0.837. The summed E-state index contributed by atoms with van der Waals surface area (Å²) in [7, 11) is -2.38. The highest BCUT2D eigenvalue weighted by molar-refractivity contribution is 7.89. The van der Waals surface area contributed by atoms with Gasteiger partial charge in [0.25, 0.3) is 0 Å². The predicted octanol–water partition coefficient (Wildman–Crippen LogP) is 2.22. The van der Waals surface area contributed by atoms with E-state index < -0.39 is 15.8 Å². The van der Waals surface area contributed by atoms with Crippen LogP contribution in [0, 0.1) is 5.82 Å². The van der Waals surface area contributed by atoms with Crippen LogP contribution in [-0.2, 0) is 10.0 Å². The zero-order valence-electron chi connectivity index (χ0n) is 10.9. The second kappa shape index (κ2) is 5.67. The zero-order chi connectivity index (χ0) is 13.9. The van der Waals surface area contributed by atoms with Crippen molar-refractivity contribution in [3.05, 3.63) is 24.0 Å². The molecule has 1 unspecified atom stereocenters. The topological polar surface area (TPSA) is 63.4 Å². The van der Waals surface area contributed by atoms with E-state index in [0.717, 1.165) is 25.0 Å². The zero-order valence-corrected chi connectivity index (χ0v) is 11.7. The van der Waals surface area contributed by atoms with Crippen molar-refractivity contribution < 1.29 is 12.8 Å². The van der Waals surface area contributed by atoms with E-state index in [4.69, 9.17) is 5.73 Å². The van der Waals surface area contributed by atoms with Crippen molar-refractivity contribution >= 4 is 15.7 Å². The van der Waals surface area contributed by atoms with Crippen molar-refractivity contribution in [3.8, 4) is 0 Å². The fraction of sp³-hybridized carbons (Fsp3) is 0.500. The summed E-state index contributed by atoms with van der Waals surface area (Å²) >= 11 is 0. The number of hydrogen-bond donors (Lipinski definition) is 1. The number of nitrogens with two attached hydrogens (primary N) is 1. The van der Waals surface area contributed by atoms with Crippen LogP contribution in [0.25, 0.3) is 0 Å². The van der Waals surface area contributed by atoms with Gasteiger partial charge in [0.05, 0.1) is 0 Å². The maximum Gasteiger partial charge on any atom is 0.246 e. The van der Waals surface area contributed by atoms with Crippen molar-refractivity contribution in [2.75, 3.05) is 12.8 Å². The minimum Gasteiger partial charge on any atom is -0.399 e. The molecule has 0 bridgehead atoms. The summed E-state index contributed by atoms with van der Waals surface area (Å²) in [6, 6.07) is 3.38. The number of nitrogen functional groups attached to an aromatic ring is 1. The molecule has 1 rings (SSSR count). The van der Waals surface area contributed by atoms with Crippen LogP contribution in [0.15, 0.2) is 23.1 Å². The molecule has 0 aliphatic carbocycles. The molecule has 1 atom stereocenters. The number of benzene rings is 1. The Labute approximate surface area is 108 Å². The van der Waals surface area contributed by atoms with Gasteiger partial charge in [-0.3, -0.25) is 0 Å². The van der Waals surface area contributed by atoms with Gasteiger partial charge >= 0.3 is 0 Å². The molecular formula is C12H19FN2O2S. The molecule has 0 aliphatic rings. The lowest BCUT2D eigenvalue weighted by atomic mass is 10.2. The first-order valence-corrected chi connectivity index (χ1v) is 7.27. The van der Waals surface area contributed by atoms with Crippen LogP contribution < -0.4 is 5.73 Å². The summed E-state index contributed by atoms with van der Waals surface area (Å²) < 4.78 is 39.3. The Hall–Kier alpha value is -1.14. The standard InChI is InChI=1S/C12H19FN2O2S/c1-4-5-9(2)15(3)18(16,17)12-8-10(14)6-7-11(12)13/h6-9H,4-5,14H2,1-3H3. The number of hydrogen-bond acceptors (Lipinski definition) is 3. The Balaban J connectivity index is 3.17. The summed E-state index contributed by atoms with van der Waals surface area (Å²) in [5.41, 5.74) is 5.74. The first-order valence-electron chi connectivity index (χ1n) is 5.83. The van der Waals surface area contributed by atoms with Crippen LogP contribution in [0.4, 0.5) is 10.1 Å². The molecule has 0 saturated heterocycles. The lowest BCUT2D eigenvalue weighted by Gasteiger charge is -2.24. The molecule has 0 fully saturated rings. The molecule has 6 heteroatoms. The molecular weight excluding hydrogens is 255 g/mol. The maximum absolute atomic E-state index is 13.6. The molecule has 18 heavy (non-hydrogen) atoms. The first kappa shape index (κ1) is 14.9. The summed E-state index contributed by atoms with van der Waals surface area (Å²) in [6.45, 7) is 3.77. The van der Waals surface area contributed by atoms with Crippen LogP contribution >= 0.6 is 0 Å². The third-order valence-electron chi connectivity index (χ3n) is 2.94. The Morgan fingerprint density at radius 1 is 1.44 bits per heavy atom. The van der Waals surface area contributed by atoms with E-state index in [1.54, 1.807) is 6.92 Å². The van der Waals surface area contributed by atoms with Gasteiger partial charge in [0.1, 0.15) is 10.7 Å². The smallest absolute Gasteiger partial charge is 0.246 e. The third kappa shape index (κ3) is 3.00. The van der Waals surface area contributed by atoms with Crippen LogP contribution in [-0.4, -0.2) is 25.8 Å². The van der Waals surface area contributed by atoms with E-state index in [0.29, 0.717) is 0 Å². The average molecular weight is 274 g/mol. The lowest BCUT2D eigenvalue weighted by molar-refractivity contribution is 0.366. The highest BCUT2D eigenvalue weighted by atomic mass is 32.2. The van der Waals surface area contributed by atoms with Crippen LogP contribution in [0.3, 0.4) is 0 Å². The fourth-order valence-electron chi connectivity index (χ4n) is 1.71. The number of halogens is 1. The Morgan fingerprint density at radius 2 is 2.06 bits per heavy atom. The number of anilines is 1. The van der Waals surface area contributed by atoms with E-state index >= 15 is 0 Å². The SMILES string of the molecule is CCCC(C)N(C)S(=O)(=O)c1cc(N)ccc1F. The van der Waals surface area contributed by atoms with Gasteiger partial charge in [-0.15, -0.1) is 0 Å². The van der Waals surface area contributed by atoms with Crippen molar-refractivity contribution in [3.63, 3.8) is 0 Å². The normalized spacial score (nSPS) is 13.8. The van der Waals surface area contributed by atoms with Crippen molar-refractivity contribution in [2.24, 2.45) is 0 Å². The maximum atomic E-state index is 13.6. The number of rotatable bonds is 5. The third-order valence-corrected chi connectivity index (χ3v) is 4.93. The van der Waals surface area contributed by atoms with E-state index in [1.807, 2.05) is 6.92 Å².